The number of nitrogens with two attached hydrogens (primary N) is 1. The van der Waals surface area contributed by atoms with Gasteiger partial charge in [-0.25, -0.2) is 0 Å². The first-order chi connectivity index (χ1) is 9.61. The number of hydrogen-bond acceptors (Lipinski definition) is 4. The van der Waals surface area contributed by atoms with Crippen LogP contribution in [0.5, 0.6) is 5.75 Å². The van der Waals surface area contributed by atoms with E-state index in [-0.39, 0.29) is 17.7 Å². The molecule has 0 aliphatic heterocycles. The molecule has 4 nitrogen and oxygen atoms in total. The molecule has 0 heterocycles. The molecule has 2 rings (SSSR count). The third-order valence-corrected chi connectivity index (χ3v) is 4.11. The molecule has 20 heavy (non-hydrogen) atoms. The maximum atomic E-state index is 5.84. The zero-order chi connectivity index (χ0) is 14.6. The van der Waals surface area contributed by atoms with Gasteiger partial charge in [-0.3, -0.25) is 11.3 Å². The Labute approximate surface area is 121 Å². The molecule has 112 valence electrons. The van der Waals surface area contributed by atoms with Crippen molar-refractivity contribution in [3.05, 3.63) is 29.8 Å². The van der Waals surface area contributed by atoms with E-state index in [1.807, 2.05) is 26.0 Å². The zero-order valence-corrected chi connectivity index (χ0v) is 12.7. The van der Waals surface area contributed by atoms with Crippen molar-refractivity contribution in [3.63, 3.8) is 0 Å². The van der Waals surface area contributed by atoms with Crippen LogP contribution in [0.15, 0.2) is 24.3 Å². The Morgan fingerprint density at radius 2 is 1.95 bits per heavy atom. The van der Waals surface area contributed by atoms with Gasteiger partial charge in [0, 0.05) is 7.11 Å². The quantitative estimate of drug-likeness (QED) is 0.620. The second-order valence-corrected chi connectivity index (χ2v) is 5.81. The monoisotopic (exact) mass is 278 g/mol. The molecule has 3 N–H and O–H groups in total. The van der Waals surface area contributed by atoms with E-state index in [0.29, 0.717) is 0 Å². The van der Waals surface area contributed by atoms with E-state index in [2.05, 4.69) is 17.6 Å². The third kappa shape index (κ3) is 3.14. The highest BCUT2D eigenvalue weighted by molar-refractivity contribution is 5.32. The van der Waals surface area contributed by atoms with Gasteiger partial charge in [0.05, 0.1) is 17.7 Å². The smallest absolute Gasteiger partial charge is 0.120 e. The van der Waals surface area contributed by atoms with Crippen LogP contribution >= 0.6 is 0 Å². The molecule has 0 amide bonds. The summed E-state index contributed by atoms with van der Waals surface area (Å²) in [6, 6.07) is 8.12. The summed E-state index contributed by atoms with van der Waals surface area (Å²) in [4.78, 5) is 0. The van der Waals surface area contributed by atoms with E-state index >= 15 is 0 Å². The minimum atomic E-state index is -0.203. The molecule has 0 saturated heterocycles. The lowest BCUT2D eigenvalue weighted by Crippen LogP contribution is -2.46. The van der Waals surface area contributed by atoms with Crippen LogP contribution in [0.1, 0.15) is 51.1 Å². The van der Waals surface area contributed by atoms with E-state index in [1.54, 1.807) is 7.11 Å². The Morgan fingerprint density at radius 1 is 1.25 bits per heavy atom. The van der Waals surface area contributed by atoms with Crippen LogP contribution < -0.4 is 16.0 Å². The molecule has 0 aromatic heterocycles. The largest absolute Gasteiger partial charge is 0.491 e. The predicted molar refractivity (Wildman–Crippen MR) is 80.5 cm³/mol. The highest BCUT2D eigenvalue weighted by atomic mass is 16.5. The lowest BCUT2D eigenvalue weighted by atomic mass is 9.87. The standard InChI is InChI=1S/C16H26N2O2/c1-12(2)20-14-8-6-7-13(11-14)15(18-17)16(19-3)9-4-5-10-16/h6-8,11-12,15,18H,4-5,9-10,17H2,1-3H3. The Hall–Kier alpha value is -1.10. The minimum absolute atomic E-state index is 0.00860. The summed E-state index contributed by atoms with van der Waals surface area (Å²) in [5.41, 5.74) is 3.87. The zero-order valence-electron chi connectivity index (χ0n) is 12.7. The first kappa shape index (κ1) is 15.3. The molecule has 1 aliphatic carbocycles. The highest BCUT2D eigenvalue weighted by Gasteiger charge is 2.42. The van der Waals surface area contributed by atoms with E-state index in [4.69, 9.17) is 15.3 Å². The van der Waals surface area contributed by atoms with Crippen molar-refractivity contribution < 1.29 is 9.47 Å². The molecule has 1 unspecified atom stereocenters. The van der Waals surface area contributed by atoms with E-state index in [1.165, 1.54) is 12.8 Å². The third-order valence-electron chi connectivity index (χ3n) is 4.11. The average Bonchev–Trinajstić information content (AvgIpc) is 2.89. The highest BCUT2D eigenvalue weighted by Crippen LogP contribution is 2.42. The van der Waals surface area contributed by atoms with Crippen LogP contribution in [-0.4, -0.2) is 18.8 Å². The Bertz CT molecular complexity index is 428. The fraction of sp³-hybridized carbons (Fsp3) is 0.625. The van der Waals surface area contributed by atoms with Crippen molar-refractivity contribution in [2.24, 2.45) is 5.84 Å². The van der Waals surface area contributed by atoms with Gasteiger partial charge in [0.1, 0.15) is 5.75 Å². The molecule has 1 fully saturated rings. The molecular formula is C16H26N2O2. The van der Waals surface area contributed by atoms with Crippen LogP contribution in [0.3, 0.4) is 0 Å². The molecule has 1 aliphatic rings. The summed E-state index contributed by atoms with van der Waals surface area (Å²) in [5.74, 6) is 6.70. The normalized spacial score (nSPS) is 19.2. The van der Waals surface area contributed by atoms with Crippen LogP contribution in [0.4, 0.5) is 0 Å². The second-order valence-electron chi connectivity index (χ2n) is 5.81. The van der Waals surface area contributed by atoms with E-state index < -0.39 is 0 Å². The molecule has 0 spiro atoms. The van der Waals surface area contributed by atoms with Gasteiger partial charge in [-0.15, -0.1) is 0 Å². The van der Waals surface area contributed by atoms with Crippen molar-refractivity contribution in [1.29, 1.82) is 0 Å². The molecule has 1 atom stereocenters. The van der Waals surface area contributed by atoms with Crippen molar-refractivity contribution in [3.8, 4) is 5.75 Å². The number of hydrazine groups is 1. The number of nitrogens with one attached hydrogen (secondary N) is 1. The summed E-state index contributed by atoms with van der Waals surface area (Å²) in [5, 5.41) is 0. The topological polar surface area (TPSA) is 56.5 Å². The average molecular weight is 278 g/mol. The molecular weight excluding hydrogens is 252 g/mol. The van der Waals surface area contributed by atoms with Gasteiger partial charge < -0.3 is 9.47 Å². The van der Waals surface area contributed by atoms with Gasteiger partial charge in [-0.2, -0.15) is 0 Å². The van der Waals surface area contributed by atoms with Gasteiger partial charge in [0.15, 0.2) is 0 Å². The van der Waals surface area contributed by atoms with Gasteiger partial charge in [0.2, 0.25) is 0 Å². The molecule has 1 aromatic carbocycles. The minimum Gasteiger partial charge on any atom is -0.491 e. The maximum Gasteiger partial charge on any atom is 0.120 e. The van der Waals surface area contributed by atoms with Gasteiger partial charge in [-0.1, -0.05) is 25.0 Å². The van der Waals surface area contributed by atoms with Gasteiger partial charge in [0.25, 0.3) is 0 Å². The summed E-state index contributed by atoms with van der Waals surface area (Å²) < 4.78 is 11.6. The summed E-state index contributed by atoms with van der Waals surface area (Å²) in [6.07, 6.45) is 4.61. The number of ether oxygens (including phenoxy) is 2. The number of methoxy groups -OCH3 is 1. The molecule has 0 radical (unpaired) electrons. The Kier molecular flexibility index (Phi) is 5.02. The molecule has 4 heteroatoms. The molecule has 0 bridgehead atoms. The molecule has 1 saturated carbocycles. The first-order valence-corrected chi connectivity index (χ1v) is 7.39. The number of rotatable bonds is 6. The fourth-order valence-corrected chi connectivity index (χ4v) is 3.18. The van der Waals surface area contributed by atoms with Crippen molar-refractivity contribution >= 4 is 0 Å². The Balaban J connectivity index is 2.27. The number of benzene rings is 1. The first-order valence-electron chi connectivity index (χ1n) is 7.39. The predicted octanol–water partition coefficient (Wildman–Crippen LogP) is 2.94. The van der Waals surface area contributed by atoms with Crippen molar-refractivity contribution in [2.75, 3.05) is 7.11 Å². The van der Waals surface area contributed by atoms with E-state index in [9.17, 15) is 0 Å². The van der Waals surface area contributed by atoms with Gasteiger partial charge >= 0.3 is 0 Å². The van der Waals surface area contributed by atoms with Gasteiger partial charge in [-0.05, 0) is 44.4 Å². The van der Waals surface area contributed by atoms with Crippen LogP contribution in [-0.2, 0) is 4.74 Å². The van der Waals surface area contributed by atoms with Crippen LogP contribution in [0.2, 0.25) is 0 Å². The second kappa shape index (κ2) is 6.57. The molecule has 1 aromatic rings. The number of hydrogen-bond donors (Lipinski definition) is 2. The SMILES string of the molecule is COC1(C(NN)c2cccc(OC(C)C)c2)CCCC1. The van der Waals surface area contributed by atoms with Crippen LogP contribution in [0.25, 0.3) is 0 Å². The Morgan fingerprint density at radius 3 is 2.50 bits per heavy atom. The van der Waals surface area contributed by atoms with Crippen LogP contribution in [0, 0.1) is 0 Å². The summed E-state index contributed by atoms with van der Waals surface area (Å²) in [7, 11) is 1.78. The lowest BCUT2D eigenvalue weighted by Gasteiger charge is -2.36. The van der Waals surface area contributed by atoms with Crippen molar-refractivity contribution in [2.45, 2.75) is 57.3 Å². The maximum absolute atomic E-state index is 5.84. The summed E-state index contributed by atoms with van der Waals surface area (Å²) >= 11 is 0. The van der Waals surface area contributed by atoms with E-state index in [0.717, 1.165) is 24.2 Å². The lowest BCUT2D eigenvalue weighted by molar-refractivity contribution is -0.0369. The fourth-order valence-electron chi connectivity index (χ4n) is 3.18. The summed E-state index contributed by atoms with van der Waals surface area (Å²) in [6.45, 7) is 4.05. The van der Waals surface area contributed by atoms with Crippen molar-refractivity contribution in [1.82, 2.24) is 5.43 Å².